The van der Waals surface area contributed by atoms with Gasteiger partial charge in [-0.05, 0) is 10.9 Å². The van der Waals surface area contributed by atoms with Crippen LogP contribution < -0.4 is 5.32 Å². The van der Waals surface area contributed by atoms with E-state index in [0.717, 1.165) is 16.3 Å². The first-order valence-electron chi connectivity index (χ1n) is 6.49. The summed E-state index contributed by atoms with van der Waals surface area (Å²) in [6.45, 7) is 0.517. The van der Waals surface area contributed by atoms with Crippen molar-refractivity contribution in [1.82, 2.24) is 10.3 Å². The largest absolute Gasteiger partial charge is 0.348 e. The van der Waals surface area contributed by atoms with E-state index >= 15 is 0 Å². The normalized spacial score (nSPS) is 10.4. The van der Waals surface area contributed by atoms with Crippen LogP contribution in [0, 0.1) is 0 Å². The first kappa shape index (κ1) is 12.4. The summed E-state index contributed by atoms with van der Waals surface area (Å²) in [5, 5.41) is 4.82. The van der Waals surface area contributed by atoms with Crippen molar-refractivity contribution in [1.29, 1.82) is 0 Å². The van der Waals surface area contributed by atoms with E-state index in [-0.39, 0.29) is 5.91 Å². The van der Waals surface area contributed by atoms with Crippen LogP contribution in [0.5, 0.6) is 0 Å². The first-order valence-corrected chi connectivity index (χ1v) is 6.49. The number of carbonyl (C=O) groups is 1. The summed E-state index contributed by atoms with van der Waals surface area (Å²) in [6.07, 6.45) is 3.38. The van der Waals surface area contributed by atoms with Crippen molar-refractivity contribution in [3.05, 3.63) is 78.1 Å². The monoisotopic (exact) mass is 262 g/mol. The third-order valence-corrected chi connectivity index (χ3v) is 3.21. The minimum atomic E-state index is -0.0989. The van der Waals surface area contributed by atoms with Gasteiger partial charge in [0, 0.05) is 24.3 Å². The molecule has 1 heterocycles. The third kappa shape index (κ3) is 2.52. The van der Waals surface area contributed by atoms with Crippen LogP contribution in [0.1, 0.15) is 15.9 Å². The molecule has 0 atom stereocenters. The van der Waals surface area contributed by atoms with Crippen LogP contribution in [0.15, 0.2) is 67.0 Å². The first-order chi connectivity index (χ1) is 9.84. The Kier molecular flexibility index (Phi) is 3.42. The highest BCUT2D eigenvalue weighted by atomic mass is 16.1. The van der Waals surface area contributed by atoms with Crippen LogP contribution in [-0.4, -0.2) is 10.9 Å². The number of carbonyl (C=O) groups excluding carboxylic acids is 1. The lowest BCUT2D eigenvalue weighted by Crippen LogP contribution is -2.23. The highest BCUT2D eigenvalue weighted by Gasteiger charge is 2.09. The van der Waals surface area contributed by atoms with Gasteiger partial charge in [0.2, 0.25) is 0 Å². The van der Waals surface area contributed by atoms with E-state index in [0.29, 0.717) is 12.1 Å². The van der Waals surface area contributed by atoms with E-state index in [1.54, 1.807) is 12.4 Å². The Bertz CT molecular complexity index is 733. The maximum atomic E-state index is 12.3. The molecule has 3 rings (SSSR count). The number of amides is 1. The number of rotatable bonds is 3. The van der Waals surface area contributed by atoms with E-state index in [9.17, 15) is 4.79 Å². The zero-order valence-electron chi connectivity index (χ0n) is 10.9. The number of benzene rings is 2. The minimum Gasteiger partial charge on any atom is -0.348 e. The second-order valence-corrected chi connectivity index (χ2v) is 4.58. The number of nitrogens with zero attached hydrogens (tertiary/aromatic N) is 1. The molecule has 0 aliphatic carbocycles. The molecule has 0 aliphatic heterocycles. The zero-order valence-corrected chi connectivity index (χ0v) is 10.9. The molecule has 3 heteroatoms. The predicted molar refractivity (Wildman–Crippen MR) is 79.4 cm³/mol. The van der Waals surface area contributed by atoms with Gasteiger partial charge in [-0.15, -0.1) is 0 Å². The van der Waals surface area contributed by atoms with Gasteiger partial charge in [-0.25, -0.2) is 0 Å². The van der Waals surface area contributed by atoms with Crippen LogP contribution in [0.2, 0.25) is 0 Å². The number of fused-ring (bicyclic) bond motifs is 1. The van der Waals surface area contributed by atoms with E-state index in [1.165, 1.54) is 0 Å². The summed E-state index contributed by atoms with van der Waals surface area (Å²) in [7, 11) is 0. The van der Waals surface area contributed by atoms with Crippen LogP contribution in [-0.2, 0) is 6.54 Å². The highest BCUT2D eigenvalue weighted by molar-refractivity contribution is 6.06. The Morgan fingerprint density at radius 3 is 2.55 bits per heavy atom. The summed E-state index contributed by atoms with van der Waals surface area (Å²) in [5.74, 6) is -0.0989. The van der Waals surface area contributed by atoms with Crippen LogP contribution in [0.4, 0.5) is 0 Å². The molecule has 98 valence electrons. The Hall–Kier alpha value is -2.68. The topological polar surface area (TPSA) is 42.0 Å². The molecule has 0 aliphatic rings. The fourth-order valence-corrected chi connectivity index (χ4v) is 2.17. The van der Waals surface area contributed by atoms with Gasteiger partial charge in [-0.1, -0.05) is 54.6 Å². The van der Waals surface area contributed by atoms with Crippen LogP contribution in [0.3, 0.4) is 0 Å². The molecule has 3 aromatic rings. The Balaban J connectivity index is 1.82. The zero-order chi connectivity index (χ0) is 13.8. The number of hydrogen-bond donors (Lipinski definition) is 1. The molecule has 2 aromatic carbocycles. The van der Waals surface area contributed by atoms with Crippen molar-refractivity contribution in [3.63, 3.8) is 0 Å². The highest BCUT2D eigenvalue weighted by Crippen LogP contribution is 2.16. The average Bonchev–Trinajstić information content (AvgIpc) is 2.53. The molecule has 0 spiro atoms. The van der Waals surface area contributed by atoms with Crippen molar-refractivity contribution in [2.24, 2.45) is 0 Å². The molecule has 0 radical (unpaired) electrons. The number of pyridine rings is 1. The van der Waals surface area contributed by atoms with E-state index in [1.807, 2.05) is 54.6 Å². The van der Waals surface area contributed by atoms with Crippen molar-refractivity contribution in [3.8, 4) is 0 Å². The summed E-state index contributed by atoms with van der Waals surface area (Å²) in [5.41, 5.74) is 1.69. The number of hydrogen-bond acceptors (Lipinski definition) is 2. The maximum Gasteiger partial charge on any atom is 0.253 e. The average molecular weight is 262 g/mol. The smallest absolute Gasteiger partial charge is 0.253 e. The van der Waals surface area contributed by atoms with Gasteiger partial charge < -0.3 is 5.32 Å². The van der Waals surface area contributed by atoms with E-state index in [4.69, 9.17) is 0 Å². The second-order valence-electron chi connectivity index (χ2n) is 4.58. The van der Waals surface area contributed by atoms with Crippen molar-refractivity contribution in [2.75, 3.05) is 0 Å². The second kappa shape index (κ2) is 5.53. The van der Waals surface area contributed by atoms with Crippen molar-refractivity contribution in [2.45, 2.75) is 6.54 Å². The molecule has 0 saturated carbocycles. The summed E-state index contributed by atoms with van der Waals surface area (Å²) >= 11 is 0. The van der Waals surface area contributed by atoms with Crippen molar-refractivity contribution < 1.29 is 4.79 Å². The summed E-state index contributed by atoms with van der Waals surface area (Å²) in [4.78, 5) is 16.4. The summed E-state index contributed by atoms with van der Waals surface area (Å²) < 4.78 is 0. The van der Waals surface area contributed by atoms with Gasteiger partial charge in [0.1, 0.15) is 0 Å². The molecular weight excluding hydrogens is 248 g/mol. The van der Waals surface area contributed by atoms with E-state index in [2.05, 4.69) is 10.3 Å². The Morgan fingerprint density at radius 2 is 1.70 bits per heavy atom. The fourth-order valence-electron chi connectivity index (χ4n) is 2.17. The lowest BCUT2D eigenvalue weighted by Gasteiger charge is -2.07. The van der Waals surface area contributed by atoms with Gasteiger partial charge in [0.25, 0.3) is 5.91 Å². The van der Waals surface area contributed by atoms with Crippen molar-refractivity contribution >= 4 is 16.7 Å². The molecule has 0 fully saturated rings. The quantitative estimate of drug-likeness (QED) is 0.787. The van der Waals surface area contributed by atoms with Crippen LogP contribution in [0.25, 0.3) is 10.8 Å². The molecule has 0 unspecified atom stereocenters. The van der Waals surface area contributed by atoms with E-state index < -0.39 is 0 Å². The lowest BCUT2D eigenvalue weighted by molar-refractivity contribution is 0.0952. The molecule has 1 N–H and O–H groups in total. The third-order valence-electron chi connectivity index (χ3n) is 3.21. The number of nitrogens with one attached hydrogen (secondary N) is 1. The van der Waals surface area contributed by atoms with Gasteiger partial charge in [0.15, 0.2) is 0 Å². The maximum absolute atomic E-state index is 12.3. The predicted octanol–water partition coefficient (Wildman–Crippen LogP) is 3.16. The summed E-state index contributed by atoms with van der Waals surface area (Å²) in [6, 6.07) is 17.6. The molecule has 0 saturated heterocycles. The Labute approximate surface area is 117 Å². The SMILES string of the molecule is O=C(NCc1ccccc1)c1cncc2ccccc12. The molecule has 1 aromatic heterocycles. The molecule has 3 nitrogen and oxygen atoms in total. The standard InChI is InChI=1S/C17H14N2O/c20-17(19-10-13-6-2-1-3-7-13)16-12-18-11-14-8-4-5-9-15(14)16/h1-9,11-12H,10H2,(H,19,20). The fraction of sp³-hybridized carbons (Fsp3) is 0.0588. The molecule has 0 bridgehead atoms. The molecular formula is C17H14N2O. The lowest BCUT2D eigenvalue weighted by atomic mass is 10.1. The van der Waals surface area contributed by atoms with Crippen LogP contribution >= 0.6 is 0 Å². The molecule has 20 heavy (non-hydrogen) atoms. The van der Waals surface area contributed by atoms with Gasteiger partial charge >= 0.3 is 0 Å². The van der Waals surface area contributed by atoms with Gasteiger partial charge in [-0.2, -0.15) is 0 Å². The minimum absolute atomic E-state index is 0.0989. The number of aromatic nitrogens is 1. The van der Waals surface area contributed by atoms with Gasteiger partial charge in [-0.3, -0.25) is 9.78 Å². The van der Waals surface area contributed by atoms with Gasteiger partial charge in [0.05, 0.1) is 5.56 Å². The molecule has 1 amide bonds. The Morgan fingerprint density at radius 1 is 0.950 bits per heavy atom.